The van der Waals surface area contributed by atoms with Crippen LogP contribution in [0.15, 0.2) is 89.4 Å². The lowest BCUT2D eigenvalue weighted by Crippen LogP contribution is -1.98. The Hall–Kier alpha value is -2.89. The van der Waals surface area contributed by atoms with E-state index in [2.05, 4.69) is 27.8 Å². The van der Waals surface area contributed by atoms with Crippen LogP contribution in [0.3, 0.4) is 0 Å². The molecular formula is C23H15BrO. The van der Waals surface area contributed by atoms with Crippen LogP contribution in [-0.2, 0) is 0 Å². The Labute approximate surface area is 156 Å². The van der Waals surface area contributed by atoms with Gasteiger partial charge in [0.05, 0.1) is 0 Å². The molecule has 0 aliphatic heterocycles. The van der Waals surface area contributed by atoms with E-state index in [1.807, 2.05) is 84.9 Å². The second kappa shape index (κ2) is 8.28. The average molecular weight is 387 g/mol. The van der Waals surface area contributed by atoms with Gasteiger partial charge in [0, 0.05) is 21.2 Å². The van der Waals surface area contributed by atoms with Crippen LogP contribution in [0.25, 0.3) is 6.08 Å². The summed E-state index contributed by atoms with van der Waals surface area (Å²) in [5.74, 6) is 6.17. The van der Waals surface area contributed by atoms with Crippen molar-refractivity contribution in [3.05, 3.63) is 112 Å². The number of halogens is 1. The zero-order chi connectivity index (χ0) is 17.5. The lowest BCUT2D eigenvalue weighted by Gasteiger charge is -2.00. The zero-order valence-corrected chi connectivity index (χ0v) is 15.0. The third-order valence-electron chi connectivity index (χ3n) is 3.60. The maximum absolute atomic E-state index is 12.5. The molecule has 2 heteroatoms. The fourth-order valence-corrected chi connectivity index (χ4v) is 2.57. The second-order valence-corrected chi connectivity index (χ2v) is 6.33. The smallest absolute Gasteiger partial charge is 0.187 e. The number of rotatable bonds is 3. The zero-order valence-electron chi connectivity index (χ0n) is 13.4. The van der Waals surface area contributed by atoms with Crippen molar-refractivity contribution in [3.8, 4) is 11.8 Å². The molecule has 0 fully saturated rings. The molecule has 0 atom stereocenters. The number of carbonyl (C=O) groups is 1. The van der Waals surface area contributed by atoms with E-state index in [1.54, 1.807) is 6.08 Å². The SMILES string of the molecule is O=C(/C=C/c1ccccc1)c1ccccc1C#Cc1ccc(Br)cc1. The third-order valence-corrected chi connectivity index (χ3v) is 4.13. The van der Waals surface area contributed by atoms with E-state index in [1.165, 1.54) is 0 Å². The van der Waals surface area contributed by atoms with Crippen LogP contribution in [0.1, 0.15) is 27.0 Å². The fourth-order valence-electron chi connectivity index (χ4n) is 2.31. The molecule has 0 heterocycles. The standard InChI is InChI=1S/C23H15BrO/c24-21-15-11-19(12-16-21)10-14-20-8-4-5-9-22(20)23(25)17-13-18-6-2-1-3-7-18/h1-9,11-13,15-17H/b17-13+. The van der Waals surface area contributed by atoms with E-state index in [0.29, 0.717) is 5.56 Å². The predicted molar refractivity (Wildman–Crippen MR) is 106 cm³/mol. The highest BCUT2D eigenvalue weighted by Gasteiger charge is 2.06. The van der Waals surface area contributed by atoms with Gasteiger partial charge in [0.1, 0.15) is 0 Å². The molecule has 0 amide bonds. The van der Waals surface area contributed by atoms with Crippen molar-refractivity contribution in [2.45, 2.75) is 0 Å². The summed E-state index contributed by atoms with van der Waals surface area (Å²) in [7, 11) is 0. The van der Waals surface area contributed by atoms with E-state index in [4.69, 9.17) is 0 Å². The van der Waals surface area contributed by atoms with Crippen molar-refractivity contribution in [2.75, 3.05) is 0 Å². The van der Waals surface area contributed by atoms with Crippen molar-refractivity contribution in [2.24, 2.45) is 0 Å². The summed E-state index contributed by atoms with van der Waals surface area (Å²) >= 11 is 3.41. The number of benzene rings is 3. The van der Waals surface area contributed by atoms with Gasteiger partial charge in [-0.1, -0.05) is 76.3 Å². The molecular weight excluding hydrogens is 372 g/mol. The molecule has 0 radical (unpaired) electrons. The van der Waals surface area contributed by atoms with E-state index in [9.17, 15) is 4.79 Å². The lowest BCUT2D eigenvalue weighted by atomic mass is 10.0. The molecule has 0 aliphatic carbocycles. The van der Waals surface area contributed by atoms with Gasteiger partial charge in [-0.05, 0) is 48.0 Å². The van der Waals surface area contributed by atoms with E-state index in [-0.39, 0.29) is 5.78 Å². The lowest BCUT2D eigenvalue weighted by molar-refractivity contribution is 0.104. The summed E-state index contributed by atoms with van der Waals surface area (Å²) in [5.41, 5.74) is 3.24. The van der Waals surface area contributed by atoms with E-state index in [0.717, 1.165) is 21.2 Å². The summed E-state index contributed by atoms with van der Waals surface area (Å²) in [6.45, 7) is 0. The van der Waals surface area contributed by atoms with Crippen molar-refractivity contribution >= 4 is 27.8 Å². The van der Waals surface area contributed by atoms with Gasteiger partial charge >= 0.3 is 0 Å². The number of allylic oxidation sites excluding steroid dienone is 1. The highest BCUT2D eigenvalue weighted by atomic mass is 79.9. The van der Waals surface area contributed by atoms with Gasteiger partial charge in [-0.2, -0.15) is 0 Å². The minimum atomic E-state index is -0.0513. The summed E-state index contributed by atoms with van der Waals surface area (Å²) in [5, 5.41) is 0. The third kappa shape index (κ3) is 4.79. The van der Waals surface area contributed by atoms with Crippen LogP contribution in [0.5, 0.6) is 0 Å². The normalized spacial score (nSPS) is 10.3. The monoisotopic (exact) mass is 386 g/mol. The number of hydrogen-bond donors (Lipinski definition) is 0. The molecule has 0 aliphatic rings. The second-order valence-electron chi connectivity index (χ2n) is 5.41. The van der Waals surface area contributed by atoms with Crippen molar-refractivity contribution in [3.63, 3.8) is 0 Å². The van der Waals surface area contributed by atoms with Gasteiger partial charge < -0.3 is 0 Å². The number of ketones is 1. The van der Waals surface area contributed by atoms with Gasteiger partial charge in [-0.15, -0.1) is 0 Å². The van der Waals surface area contributed by atoms with Crippen LogP contribution in [0, 0.1) is 11.8 Å². The quantitative estimate of drug-likeness (QED) is 0.318. The topological polar surface area (TPSA) is 17.1 Å². The Morgan fingerprint density at radius 2 is 1.48 bits per heavy atom. The van der Waals surface area contributed by atoms with Gasteiger partial charge in [0.15, 0.2) is 5.78 Å². The highest BCUT2D eigenvalue weighted by molar-refractivity contribution is 9.10. The molecule has 0 aromatic heterocycles. The molecule has 0 spiro atoms. The summed E-state index contributed by atoms with van der Waals surface area (Å²) < 4.78 is 1.01. The molecule has 0 bridgehead atoms. The molecule has 0 N–H and O–H groups in total. The largest absolute Gasteiger partial charge is 0.289 e. The molecule has 3 aromatic carbocycles. The molecule has 3 rings (SSSR count). The Morgan fingerprint density at radius 3 is 2.24 bits per heavy atom. The Balaban J connectivity index is 1.85. The maximum atomic E-state index is 12.5. The van der Waals surface area contributed by atoms with Gasteiger partial charge in [0.2, 0.25) is 0 Å². The minimum Gasteiger partial charge on any atom is -0.289 e. The number of hydrogen-bond acceptors (Lipinski definition) is 1. The summed E-state index contributed by atoms with van der Waals surface area (Å²) in [6, 6.07) is 25.0. The molecule has 0 saturated heterocycles. The Morgan fingerprint density at radius 1 is 0.800 bits per heavy atom. The summed E-state index contributed by atoms with van der Waals surface area (Å²) in [6.07, 6.45) is 3.41. The maximum Gasteiger partial charge on any atom is 0.187 e. The minimum absolute atomic E-state index is 0.0513. The van der Waals surface area contributed by atoms with Crippen LogP contribution >= 0.6 is 15.9 Å². The molecule has 0 unspecified atom stereocenters. The molecule has 0 saturated carbocycles. The van der Waals surface area contributed by atoms with Crippen LogP contribution in [0.2, 0.25) is 0 Å². The van der Waals surface area contributed by atoms with Crippen LogP contribution in [-0.4, -0.2) is 5.78 Å². The summed E-state index contributed by atoms with van der Waals surface area (Å²) in [4.78, 5) is 12.5. The fraction of sp³-hybridized carbons (Fsp3) is 0. The highest BCUT2D eigenvalue weighted by Crippen LogP contribution is 2.12. The van der Waals surface area contributed by atoms with Crippen molar-refractivity contribution in [1.29, 1.82) is 0 Å². The average Bonchev–Trinajstić information content (AvgIpc) is 2.67. The van der Waals surface area contributed by atoms with E-state index < -0.39 is 0 Å². The van der Waals surface area contributed by atoms with Crippen molar-refractivity contribution < 1.29 is 4.79 Å². The molecule has 25 heavy (non-hydrogen) atoms. The van der Waals surface area contributed by atoms with Crippen LogP contribution in [0.4, 0.5) is 0 Å². The van der Waals surface area contributed by atoms with Gasteiger partial charge in [0.25, 0.3) is 0 Å². The van der Waals surface area contributed by atoms with Crippen LogP contribution < -0.4 is 0 Å². The van der Waals surface area contributed by atoms with Crippen molar-refractivity contribution in [1.82, 2.24) is 0 Å². The first-order chi connectivity index (χ1) is 12.2. The van der Waals surface area contributed by atoms with Gasteiger partial charge in [-0.25, -0.2) is 0 Å². The molecule has 120 valence electrons. The number of carbonyl (C=O) groups excluding carboxylic acids is 1. The first-order valence-corrected chi connectivity index (χ1v) is 8.66. The van der Waals surface area contributed by atoms with Gasteiger partial charge in [-0.3, -0.25) is 4.79 Å². The molecule has 3 aromatic rings. The Bertz CT molecular complexity index is 958. The molecule has 1 nitrogen and oxygen atoms in total. The first kappa shape index (κ1) is 17.0. The predicted octanol–water partition coefficient (Wildman–Crippen LogP) is 5.75. The first-order valence-electron chi connectivity index (χ1n) is 7.86. The Kier molecular flexibility index (Phi) is 5.61. The van der Waals surface area contributed by atoms with E-state index >= 15 is 0 Å².